The largest absolute Gasteiger partial charge is 0.382 e. The summed E-state index contributed by atoms with van der Waals surface area (Å²) >= 11 is 0. The molecular weight excluding hydrogens is 428 g/mol. The first kappa shape index (κ1) is 21.6. The molecule has 5 rings (SSSR count). The Morgan fingerprint density at radius 3 is 2.65 bits per heavy atom. The van der Waals surface area contributed by atoms with Gasteiger partial charge in [0.2, 0.25) is 17.8 Å². The molecular formula is C25H26N8O. The average molecular weight is 455 g/mol. The number of pyridine rings is 1. The Kier molecular flexibility index (Phi) is 6.15. The van der Waals surface area contributed by atoms with Gasteiger partial charge in [0.25, 0.3) is 0 Å². The van der Waals surface area contributed by atoms with Crippen molar-refractivity contribution in [3.63, 3.8) is 0 Å². The van der Waals surface area contributed by atoms with Crippen molar-refractivity contribution in [2.24, 2.45) is 0 Å². The molecule has 0 atom stereocenters. The lowest BCUT2D eigenvalue weighted by Crippen LogP contribution is -2.40. The van der Waals surface area contributed by atoms with Crippen LogP contribution in [0, 0.1) is 0 Å². The first-order valence-electron chi connectivity index (χ1n) is 11.3. The van der Waals surface area contributed by atoms with E-state index in [0.717, 1.165) is 48.2 Å². The molecule has 0 unspecified atom stereocenters. The summed E-state index contributed by atoms with van der Waals surface area (Å²) in [7, 11) is 0. The zero-order chi connectivity index (χ0) is 23.3. The Morgan fingerprint density at radius 2 is 1.79 bits per heavy atom. The smallest absolute Gasteiger partial charge is 0.231 e. The van der Waals surface area contributed by atoms with E-state index < -0.39 is 0 Å². The lowest BCUT2D eigenvalue weighted by Gasteiger charge is -2.32. The third-order valence-electron chi connectivity index (χ3n) is 5.75. The Morgan fingerprint density at radius 1 is 0.941 bits per heavy atom. The fourth-order valence-corrected chi connectivity index (χ4v) is 4.13. The molecule has 1 saturated heterocycles. The summed E-state index contributed by atoms with van der Waals surface area (Å²) in [4.78, 5) is 31.1. The summed E-state index contributed by atoms with van der Waals surface area (Å²) in [5.74, 6) is 1.01. The van der Waals surface area contributed by atoms with Crippen LogP contribution in [0.1, 0.15) is 19.8 Å². The molecule has 0 bridgehead atoms. The standard InChI is InChI=1S/C25H26N8O/c1-17(34)29-20-5-2-6-21(15-20)31-24-27-16-28-25(32-24)33-12-9-19(10-13-33)30-22-7-8-23-18(14-22)4-3-11-26-23/h2-8,11,14-16,19,30H,9-10,12-13H2,1H3,(H,29,34)(H,27,28,31,32). The summed E-state index contributed by atoms with van der Waals surface area (Å²) in [6.07, 6.45) is 5.31. The summed E-state index contributed by atoms with van der Waals surface area (Å²) < 4.78 is 0. The van der Waals surface area contributed by atoms with Gasteiger partial charge in [0.05, 0.1) is 5.52 Å². The fourth-order valence-electron chi connectivity index (χ4n) is 4.13. The zero-order valence-corrected chi connectivity index (χ0v) is 18.9. The van der Waals surface area contributed by atoms with E-state index in [2.05, 4.69) is 65.1 Å². The van der Waals surface area contributed by atoms with Gasteiger partial charge in [-0.1, -0.05) is 12.1 Å². The molecule has 4 aromatic rings. The van der Waals surface area contributed by atoms with Gasteiger partial charge in [-0.25, -0.2) is 9.97 Å². The minimum absolute atomic E-state index is 0.116. The number of hydrogen-bond acceptors (Lipinski definition) is 8. The third kappa shape index (κ3) is 5.20. The highest BCUT2D eigenvalue weighted by Gasteiger charge is 2.21. The number of piperidine rings is 1. The second kappa shape index (κ2) is 9.70. The predicted octanol–water partition coefficient (Wildman–Crippen LogP) is 4.20. The van der Waals surface area contributed by atoms with Gasteiger partial charge in [-0.2, -0.15) is 4.98 Å². The van der Waals surface area contributed by atoms with Crippen molar-refractivity contribution < 1.29 is 4.79 Å². The molecule has 0 radical (unpaired) electrons. The van der Waals surface area contributed by atoms with Crippen molar-refractivity contribution in [1.82, 2.24) is 19.9 Å². The van der Waals surface area contributed by atoms with E-state index in [9.17, 15) is 4.79 Å². The molecule has 9 nitrogen and oxygen atoms in total. The van der Waals surface area contributed by atoms with Crippen molar-refractivity contribution in [1.29, 1.82) is 0 Å². The second-order valence-corrected chi connectivity index (χ2v) is 8.31. The number of carbonyl (C=O) groups is 1. The number of anilines is 5. The number of nitrogens with one attached hydrogen (secondary N) is 3. The van der Waals surface area contributed by atoms with Crippen LogP contribution in [0.4, 0.5) is 29.0 Å². The number of amides is 1. The number of nitrogens with zero attached hydrogens (tertiary/aromatic N) is 5. The van der Waals surface area contributed by atoms with E-state index >= 15 is 0 Å². The van der Waals surface area contributed by atoms with Gasteiger partial charge in [-0.15, -0.1) is 0 Å². The molecule has 2 aromatic carbocycles. The molecule has 1 aliphatic heterocycles. The fraction of sp³-hybridized carbons (Fsp3) is 0.240. The van der Waals surface area contributed by atoms with Crippen molar-refractivity contribution in [2.75, 3.05) is 33.9 Å². The number of benzene rings is 2. The van der Waals surface area contributed by atoms with Crippen LogP contribution in [-0.2, 0) is 4.79 Å². The molecule has 1 amide bonds. The molecule has 2 aromatic heterocycles. The van der Waals surface area contributed by atoms with E-state index in [1.807, 2.05) is 36.5 Å². The van der Waals surface area contributed by atoms with Gasteiger partial charge in [0.1, 0.15) is 6.33 Å². The molecule has 0 spiro atoms. The molecule has 0 aliphatic carbocycles. The Balaban J connectivity index is 1.20. The monoisotopic (exact) mass is 454 g/mol. The summed E-state index contributed by atoms with van der Waals surface area (Å²) in [6.45, 7) is 3.19. The van der Waals surface area contributed by atoms with E-state index in [1.54, 1.807) is 0 Å². The van der Waals surface area contributed by atoms with Crippen LogP contribution < -0.4 is 20.9 Å². The van der Waals surface area contributed by atoms with Crippen LogP contribution in [-0.4, -0.2) is 45.0 Å². The number of rotatable bonds is 6. The molecule has 172 valence electrons. The summed E-state index contributed by atoms with van der Waals surface area (Å²) in [5, 5.41) is 10.8. The van der Waals surface area contributed by atoms with E-state index in [4.69, 9.17) is 0 Å². The molecule has 3 heterocycles. The minimum Gasteiger partial charge on any atom is -0.382 e. The molecule has 9 heteroatoms. The second-order valence-electron chi connectivity index (χ2n) is 8.31. The zero-order valence-electron chi connectivity index (χ0n) is 18.9. The molecule has 3 N–H and O–H groups in total. The molecule has 34 heavy (non-hydrogen) atoms. The van der Waals surface area contributed by atoms with Gasteiger partial charge in [0.15, 0.2) is 0 Å². The average Bonchev–Trinajstić information content (AvgIpc) is 2.84. The predicted molar refractivity (Wildman–Crippen MR) is 134 cm³/mol. The van der Waals surface area contributed by atoms with Gasteiger partial charge in [-0.05, 0) is 55.3 Å². The number of hydrogen-bond donors (Lipinski definition) is 3. The summed E-state index contributed by atoms with van der Waals surface area (Å²) in [6, 6.07) is 18.2. The van der Waals surface area contributed by atoms with Crippen LogP contribution in [0.3, 0.4) is 0 Å². The highest BCUT2D eigenvalue weighted by atomic mass is 16.1. The maximum atomic E-state index is 11.3. The molecule has 1 aliphatic rings. The SMILES string of the molecule is CC(=O)Nc1cccc(Nc2ncnc(N3CCC(Nc4ccc5ncccc5c4)CC3)n2)c1. The highest BCUT2D eigenvalue weighted by molar-refractivity contribution is 5.89. The van der Waals surface area contributed by atoms with Crippen LogP contribution >= 0.6 is 0 Å². The van der Waals surface area contributed by atoms with E-state index in [1.165, 1.54) is 13.3 Å². The van der Waals surface area contributed by atoms with Gasteiger partial charge < -0.3 is 20.9 Å². The lowest BCUT2D eigenvalue weighted by molar-refractivity contribution is -0.114. The van der Waals surface area contributed by atoms with Crippen LogP contribution in [0.2, 0.25) is 0 Å². The number of fused-ring (bicyclic) bond motifs is 1. The first-order valence-corrected chi connectivity index (χ1v) is 11.3. The number of aromatic nitrogens is 4. The van der Waals surface area contributed by atoms with Crippen molar-refractivity contribution >= 4 is 45.8 Å². The van der Waals surface area contributed by atoms with Crippen molar-refractivity contribution in [2.45, 2.75) is 25.8 Å². The van der Waals surface area contributed by atoms with E-state index in [0.29, 0.717) is 23.6 Å². The third-order valence-corrected chi connectivity index (χ3v) is 5.75. The Labute approximate surface area is 197 Å². The summed E-state index contributed by atoms with van der Waals surface area (Å²) in [5.41, 5.74) is 3.62. The van der Waals surface area contributed by atoms with Gasteiger partial charge in [-0.3, -0.25) is 9.78 Å². The van der Waals surface area contributed by atoms with E-state index in [-0.39, 0.29) is 5.91 Å². The van der Waals surface area contributed by atoms with Crippen molar-refractivity contribution in [3.8, 4) is 0 Å². The normalized spacial score (nSPS) is 14.1. The molecule has 1 fully saturated rings. The van der Waals surface area contributed by atoms with Crippen molar-refractivity contribution in [3.05, 3.63) is 67.1 Å². The van der Waals surface area contributed by atoms with Gasteiger partial charge >= 0.3 is 0 Å². The van der Waals surface area contributed by atoms with Crippen LogP contribution in [0.5, 0.6) is 0 Å². The maximum Gasteiger partial charge on any atom is 0.231 e. The lowest BCUT2D eigenvalue weighted by atomic mass is 10.0. The van der Waals surface area contributed by atoms with Crippen LogP contribution in [0.15, 0.2) is 67.1 Å². The molecule has 0 saturated carbocycles. The quantitative estimate of drug-likeness (QED) is 0.398. The minimum atomic E-state index is -0.116. The van der Waals surface area contributed by atoms with Crippen LogP contribution in [0.25, 0.3) is 10.9 Å². The first-order chi connectivity index (χ1) is 16.6. The Bertz CT molecular complexity index is 1300. The maximum absolute atomic E-state index is 11.3. The Hall–Kier alpha value is -4.27. The van der Waals surface area contributed by atoms with Gasteiger partial charge in [0, 0.05) is 54.7 Å². The number of carbonyl (C=O) groups excluding carboxylic acids is 1. The topological polar surface area (TPSA) is 108 Å². The highest BCUT2D eigenvalue weighted by Crippen LogP contribution is 2.23.